The summed E-state index contributed by atoms with van der Waals surface area (Å²) in [4.78, 5) is 25.5. The van der Waals surface area contributed by atoms with Crippen LogP contribution < -0.4 is 5.73 Å². The quantitative estimate of drug-likeness (QED) is 0.244. The lowest BCUT2D eigenvalue weighted by Gasteiger charge is -2.73. The molecule has 10 rings (SSSR count). The number of rotatable bonds is 4. The first-order valence-corrected chi connectivity index (χ1v) is 28.0. The Morgan fingerprint density at radius 2 is 0.848 bits per heavy atom. The average molecular weight is 910 g/mol. The van der Waals surface area contributed by atoms with Crippen LogP contribution in [0.5, 0.6) is 0 Å². The minimum absolute atomic E-state index is 0.202. The van der Waals surface area contributed by atoms with Crippen LogP contribution in [0.3, 0.4) is 0 Å². The van der Waals surface area contributed by atoms with Crippen molar-refractivity contribution in [3.05, 3.63) is 24.3 Å². The molecule has 0 saturated heterocycles. The van der Waals surface area contributed by atoms with Gasteiger partial charge in [0.25, 0.3) is 0 Å². The second-order valence-corrected chi connectivity index (χ2v) is 29.5. The van der Waals surface area contributed by atoms with Gasteiger partial charge in [-0.05, 0) is 251 Å². The molecule has 0 heterocycles. The number of fused-ring (bicyclic) bond motifs is 14. The lowest BCUT2D eigenvalue weighted by Crippen LogP contribution is -2.67. The van der Waals surface area contributed by atoms with Gasteiger partial charge >= 0.3 is 11.9 Å². The Kier molecular flexibility index (Phi) is 11.5. The molecule has 0 aromatic heterocycles. The summed E-state index contributed by atoms with van der Waals surface area (Å²) in [6.45, 7) is 41.3. The predicted octanol–water partition coefficient (Wildman–Crippen LogP) is 15.4. The lowest BCUT2D eigenvalue weighted by atomic mass is 9.32. The Bertz CT molecular complexity index is 1860. The second kappa shape index (κ2) is 15.4. The Morgan fingerprint density at radius 1 is 0.455 bits per heavy atom. The van der Waals surface area contributed by atoms with Crippen molar-refractivity contribution in [3.63, 3.8) is 0 Å². The Labute approximate surface area is 403 Å². The van der Waals surface area contributed by atoms with Crippen LogP contribution >= 0.6 is 0 Å². The van der Waals surface area contributed by atoms with Gasteiger partial charge in [-0.1, -0.05) is 100 Å². The van der Waals surface area contributed by atoms with E-state index in [0.717, 1.165) is 81.5 Å². The first-order chi connectivity index (χ1) is 30.5. The van der Waals surface area contributed by atoms with E-state index in [9.17, 15) is 19.8 Å². The van der Waals surface area contributed by atoms with E-state index in [1.807, 2.05) is 0 Å². The van der Waals surface area contributed by atoms with Crippen LogP contribution in [-0.2, 0) is 9.59 Å². The summed E-state index contributed by atoms with van der Waals surface area (Å²) in [7, 11) is 0. The van der Waals surface area contributed by atoms with Crippen LogP contribution in [0.25, 0.3) is 0 Å². The molecule has 0 aliphatic heterocycles. The van der Waals surface area contributed by atoms with E-state index < -0.39 is 22.8 Å². The highest BCUT2D eigenvalue weighted by Gasteiger charge is 2.74. The molecule has 10 saturated carbocycles. The molecule has 20 atom stereocenters. The Hall–Kier alpha value is -1.62. The Morgan fingerprint density at radius 3 is 1.24 bits per heavy atom. The third kappa shape index (κ3) is 6.09. The molecule has 10 fully saturated rings. The molecule has 10 aliphatic carbocycles. The highest BCUT2D eigenvalue weighted by atomic mass is 16.4. The first kappa shape index (κ1) is 49.4. The summed E-state index contributed by atoms with van der Waals surface area (Å²) in [6.07, 6.45) is 23.2. The molecule has 5 heteroatoms. The monoisotopic (exact) mass is 910 g/mol. The summed E-state index contributed by atoms with van der Waals surface area (Å²) in [5.74, 6) is 5.17. The summed E-state index contributed by atoms with van der Waals surface area (Å²) in [6, 6.07) is 0.313. The van der Waals surface area contributed by atoms with Gasteiger partial charge < -0.3 is 15.9 Å². The van der Waals surface area contributed by atoms with Gasteiger partial charge in [0.05, 0.1) is 10.8 Å². The van der Waals surface area contributed by atoms with Gasteiger partial charge in [0.1, 0.15) is 0 Å². The summed E-state index contributed by atoms with van der Waals surface area (Å²) in [5, 5.41) is 21.0. The van der Waals surface area contributed by atoms with E-state index in [-0.39, 0.29) is 33.5 Å². The maximum atomic E-state index is 12.8. The van der Waals surface area contributed by atoms with E-state index in [2.05, 4.69) is 103 Å². The summed E-state index contributed by atoms with van der Waals surface area (Å²) in [5.41, 5.74) is 10.6. The molecule has 0 spiro atoms. The number of hydrogen-bond donors (Lipinski definition) is 3. The van der Waals surface area contributed by atoms with Crippen LogP contribution in [0.15, 0.2) is 24.3 Å². The average Bonchev–Trinajstić information content (AvgIpc) is 3.84. The molecule has 0 aromatic carbocycles. The lowest BCUT2D eigenvalue weighted by molar-refractivity contribution is -0.242. The Balaban J connectivity index is 0.000000166. The van der Waals surface area contributed by atoms with Crippen LogP contribution in [0.2, 0.25) is 0 Å². The standard InChI is InChI=1S/C31H50O2.C30H49NO2/c1-19(2)21-12-16-31(26(32)33)18-17-29(7)22(25(21)31)9-10-24-28(6)14-11-20(3)27(4,5)23(28)13-15-30(24,29)8;1-18(2)19-10-15-30(25(32)33)17-16-28(6)20(24(19)30)8-9-22-27(5)13-12-23(31)26(3,4)21(27)11-14-29(22,28)7/h20-25H,1,9-18H2,2-8H3,(H,32,33);19-24H,1,8-17,31H2,2-7H3,(H,32,33)/t20-,21-,22?,23?,24?,25?,28-,29+,30+,31-;19-,20?,21?,22?,23-,24?,27-,28+,29+,30-/m00/s1. The zero-order valence-electron chi connectivity index (χ0n) is 44.8. The van der Waals surface area contributed by atoms with Gasteiger partial charge in [-0.3, -0.25) is 9.59 Å². The molecule has 372 valence electrons. The van der Waals surface area contributed by atoms with E-state index in [1.54, 1.807) is 0 Å². The predicted molar refractivity (Wildman–Crippen MR) is 270 cm³/mol. The smallest absolute Gasteiger partial charge is 0.309 e. The molecule has 0 aromatic rings. The van der Waals surface area contributed by atoms with Crippen molar-refractivity contribution in [3.8, 4) is 0 Å². The number of nitrogens with two attached hydrogens (primary N) is 1. The van der Waals surface area contributed by atoms with Crippen molar-refractivity contribution in [1.29, 1.82) is 0 Å². The minimum atomic E-state index is -0.524. The van der Waals surface area contributed by atoms with Crippen molar-refractivity contribution in [2.45, 2.75) is 224 Å². The van der Waals surface area contributed by atoms with Crippen molar-refractivity contribution in [1.82, 2.24) is 0 Å². The fraction of sp³-hybridized carbons (Fsp3) is 0.902. The van der Waals surface area contributed by atoms with Gasteiger partial charge in [0, 0.05) is 6.04 Å². The van der Waals surface area contributed by atoms with Gasteiger partial charge in [-0.15, -0.1) is 0 Å². The fourth-order valence-electron chi connectivity index (χ4n) is 23.2. The topological polar surface area (TPSA) is 101 Å². The SMILES string of the molecule is C=C(C)[C@@H]1CC[C@]2(C(=O)O)CC[C@]3(C)C(CCC4[C@@]5(C)CC[C@H](C)C(C)(C)C5CC[C@]43C)C12.C=C(C)[C@@H]1CC[C@]2(C(=O)O)CC[C@]3(C)C(CCC4[C@@]5(C)CC[C@H](N)C(C)(C)C5CC[C@]43C)C12. The van der Waals surface area contributed by atoms with Crippen LogP contribution in [0, 0.1) is 119 Å². The van der Waals surface area contributed by atoms with Gasteiger partial charge in [-0.25, -0.2) is 0 Å². The molecule has 0 bridgehead atoms. The molecular weight excluding hydrogens is 811 g/mol. The summed E-state index contributed by atoms with van der Waals surface area (Å²) < 4.78 is 0. The number of allylic oxidation sites excluding steroid dienone is 2. The molecule has 0 radical (unpaired) electrons. The van der Waals surface area contributed by atoms with Crippen molar-refractivity contribution < 1.29 is 19.8 Å². The van der Waals surface area contributed by atoms with Gasteiger partial charge in [0.15, 0.2) is 0 Å². The summed E-state index contributed by atoms with van der Waals surface area (Å²) >= 11 is 0. The molecule has 8 unspecified atom stereocenters. The zero-order valence-corrected chi connectivity index (χ0v) is 44.8. The molecule has 4 N–H and O–H groups in total. The second-order valence-electron chi connectivity index (χ2n) is 29.5. The highest BCUT2D eigenvalue weighted by Crippen LogP contribution is 2.80. The molecule has 0 amide bonds. The molecule has 66 heavy (non-hydrogen) atoms. The van der Waals surface area contributed by atoms with Crippen molar-refractivity contribution >= 4 is 11.9 Å². The van der Waals surface area contributed by atoms with E-state index in [0.29, 0.717) is 57.3 Å². The van der Waals surface area contributed by atoms with Crippen LogP contribution in [0.4, 0.5) is 0 Å². The number of carbonyl (C=O) groups is 2. The number of carboxylic acids is 2. The van der Waals surface area contributed by atoms with Gasteiger partial charge in [-0.2, -0.15) is 0 Å². The maximum Gasteiger partial charge on any atom is 0.309 e. The molecular formula is C61H99NO4. The number of carboxylic acid groups (broad SMARTS) is 2. The van der Waals surface area contributed by atoms with Crippen LogP contribution in [-0.4, -0.2) is 28.2 Å². The zero-order chi connectivity index (χ0) is 48.4. The largest absolute Gasteiger partial charge is 0.481 e. The van der Waals surface area contributed by atoms with E-state index in [1.165, 1.54) is 81.8 Å². The van der Waals surface area contributed by atoms with Crippen molar-refractivity contribution in [2.24, 2.45) is 125 Å². The normalized spacial score (nSPS) is 55.0. The third-order valence-electron chi connectivity index (χ3n) is 27.6. The van der Waals surface area contributed by atoms with E-state index in [4.69, 9.17) is 5.73 Å². The molecule has 10 aliphatic rings. The highest BCUT2D eigenvalue weighted by molar-refractivity contribution is 5.77. The molecule has 5 nitrogen and oxygen atoms in total. The van der Waals surface area contributed by atoms with E-state index >= 15 is 0 Å². The van der Waals surface area contributed by atoms with Gasteiger partial charge in [0.2, 0.25) is 0 Å². The maximum absolute atomic E-state index is 12.8. The fourth-order valence-corrected chi connectivity index (χ4v) is 23.2. The minimum Gasteiger partial charge on any atom is -0.481 e. The van der Waals surface area contributed by atoms with Crippen LogP contribution in [0.1, 0.15) is 218 Å². The van der Waals surface area contributed by atoms with Crippen molar-refractivity contribution in [2.75, 3.05) is 0 Å². The third-order valence-corrected chi connectivity index (χ3v) is 27.6. The number of hydrogen-bond acceptors (Lipinski definition) is 3. The number of aliphatic carboxylic acids is 2. The first-order valence-electron chi connectivity index (χ1n) is 28.0.